The van der Waals surface area contributed by atoms with Gasteiger partial charge in [-0.2, -0.15) is 0 Å². The molecule has 0 fully saturated rings. The number of carbonyl (C=O) groups excluding carboxylic acids is 1. The molecule has 0 aromatic heterocycles. The van der Waals surface area contributed by atoms with E-state index in [0.29, 0.717) is 6.42 Å². The first kappa shape index (κ1) is 7.75. The van der Waals surface area contributed by atoms with Crippen molar-refractivity contribution in [1.29, 1.82) is 0 Å². The summed E-state index contributed by atoms with van der Waals surface area (Å²) in [7, 11) is 0. The van der Waals surface area contributed by atoms with Crippen LogP contribution in [0.25, 0.3) is 0 Å². The third-order valence-electron chi connectivity index (χ3n) is 1.44. The van der Waals surface area contributed by atoms with Crippen LogP contribution in [0.15, 0.2) is 24.3 Å². The van der Waals surface area contributed by atoms with Gasteiger partial charge in [-0.25, -0.2) is 0 Å². The molecule has 0 aliphatic heterocycles. The lowest BCUT2D eigenvalue weighted by atomic mass is 10.1. The number of hydrogen-bond donors (Lipinski definition) is 2. The Kier molecular flexibility index (Phi) is 2.63. The fourth-order valence-electron chi connectivity index (χ4n) is 0.833. The van der Waals surface area contributed by atoms with Gasteiger partial charge in [0.15, 0.2) is 0 Å². The first-order valence-electron chi connectivity index (χ1n) is 3.36. The molecule has 1 aromatic rings. The second-order valence-corrected chi connectivity index (χ2v) is 2.21. The predicted molar refractivity (Wildman–Crippen MR) is 44.0 cm³/mol. The average molecular weight is 150 g/mol. The Bertz CT molecular complexity index is 230. The topological polar surface area (TPSA) is 55.1 Å². The summed E-state index contributed by atoms with van der Waals surface area (Å²) in [6, 6.07) is 7.39. The monoisotopic (exact) mass is 150 g/mol. The fraction of sp³-hybridized carbons (Fsp3) is 0.125. The molecule has 0 radical (unpaired) electrons. The highest BCUT2D eigenvalue weighted by atomic mass is 16.1. The second-order valence-electron chi connectivity index (χ2n) is 2.21. The Morgan fingerprint density at radius 1 is 1.36 bits per heavy atom. The SMILES string of the molecule is NNc1ccc(CC=O)cc1. The molecule has 11 heavy (non-hydrogen) atoms. The third-order valence-corrected chi connectivity index (χ3v) is 1.44. The van der Waals surface area contributed by atoms with E-state index in [2.05, 4.69) is 5.43 Å². The molecule has 0 saturated heterocycles. The van der Waals surface area contributed by atoms with Crippen molar-refractivity contribution < 1.29 is 4.79 Å². The molecule has 0 aliphatic carbocycles. The van der Waals surface area contributed by atoms with Crippen LogP contribution < -0.4 is 11.3 Å². The number of carbonyl (C=O) groups is 1. The molecule has 58 valence electrons. The van der Waals surface area contributed by atoms with E-state index in [9.17, 15) is 4.79 Å². The van der Waals surface area contributed by atoms with Crippen LogP contribution >= 0.6 is 0 Å². The maximum absolute atomic E-state index is 10.1. The van der Waals surface area contributed by atoms with E-state index < -0.39 is 0 Å². The van der Waals surface area contributed by atoms with Gasteiger partial charge >= 0.3 is 0 Å². The molecular formula is C8H10N2O. The quantitative estimate of drug-likeness (QED) is 0.379. The van der Waals surface area contributed by atoms with Crippen LogP contribution in [0.1, 0.15) is 5.56 Å². The third kappa shape index (κ3) is 2.05. The van der Waals surface area contributed by atoms with Crippen molar-refractivity contribution in [2.75, 3.05) is 5.43 Å². The Hall–Kier alpha value is -1.35. The molecule has 0 amide bonds. The molecule has 0 saturated carbocycles. The summed E-state index contributed by atoms with van der Waals surface area (Å²) in [6.45, 7) is 0. The van der Waals surface area contributed by atoms with Gasteiger partial charge in [0.1, 0.15) is 6.29 Å². The minimum atomic E-state index is 0.463. The highest BCUT2D eigenvalue weighted by Gasteiger charge is 1.90. The Labute approximate surface area is 65.2 Å². The zero-order chi connectivity index (χ0) is 8.10. The fourth-order valence-corrected chi connectivity index (χ4v) is 0.833. The van der Waals surface area contributed by atoms with Gasteiger partial charge in [-0.1, -0.05) is 12.1 Å². The summed E-state index contributed by atoms with van der Waals surface area (Å²) in [6.07, 6.45) is 1.34. The number of nitrogen functional groups attached to an aromatic ring is 1. The molecular weight excluding hydrogens is 140 g/mol. The van der Waals surface area contributed by atoms with Gasteiger partial charge in [0, 0.05) is 12.1 Å². The van der Waals surface area contributed by atoms with Crippen LogP contribution in [0.4, 0.5) is 5.69 Å². The molecule has 1 aromatic carbocycles. The van der Waals surface area contributed by atoms with Crippen molar-refractivity contribution in [3.63, 3.8) is 0 Å². The summed E-state index contributed by atoms with van der Waals surface area (Å²) in [4.78, 5) is 10.1. The lowest BCUT2D eigenvalue weighted by Crippen LogP contribution is -2.06. The van der Waals surface area contributed by atoms with E-state index in [1.54, 1.807) is 0 Å². The maximum atomic E-state index is 10.1. The van der Waals surface area contributed by atoms with Crippen LogP contribution in [0.2, 0.25) is 0 Å². The van der Waals surface area contributed by atoms with Crippen molar-refractivity contribution in [2.45, 2.75) is 6.42 Å². The first-order valence-corrected chi connectivity index (χ1v) is 3.36. The van der Waals surface area contributed by atoms with Gasteiger partial charge < -0.3 is 10.2 Å². The minimum absolute atomic E-state index is 0.463. The van der Waals surface area contributed by atoms with Gasteiger partial charge in [-0.05, 0) is 17.7 Å². The predicted octanol–water partition coefficient (Wildman–Crippen LogP) is 0.714. The van der Waals surface area contributed by atoms with Gasteiger partial charge in [0.05, 0.1) is 0 Å². The molecule has 0 unspecified atom stereocenters. The van der Waals surface area contributed by atoms with E-state index in [-0.39, 0.29) is 0 Å². The lowest BCUT2D eigenvalue weighted by Gasteiger charge is -1.99. The van der Waals surface area contributed by atoms with Gasteiger partial charge in [0.25, 0.3) is 0 Å². The zero-order valence-electron chi connectivity index (χ0n) is 6.08. The summed E-state index contributed by atoms with van der Waals surface area (Å²) in [5.74, 6) is 5.15. The normalized spacial score (nSPS) is 9.18. The molecule has 3 heteroatoms. The van der Waals surface area contributed by atoms with E-state index in [1.165, 1.54) is 0 Å². The number of anilines is 1. The molecule has 3 N–H and O–H groups in total. The average Bonchev–Trinajstić information content (AvgIpc) is 2.07. The van der Waals surface area contributed by atoms with Crippen LogP contribution in [-0.2, 0) is 11.2 Å². The molecule has 0 aliphatic rings. The standard InChI is InChI=1S/C8H10N2O/c9-10-8-3-1-7(2-4-8)5-6-11/h1-4,6,10H,5,9H2. The summed E-state index contributed by atoms with van der Waals surface area (Å²) >= 11 is 0. The van der Waals surface area contributed by atoms with E-state index in [4.69, 9.17) is 5.84 Å². The Balaban J connectivity index is 2.74. The summed E-state index contributed by atoms with van der Waals surface area (Å²) in [5, 5.41) is 0. The second kappa shape index (κ2) is 3.73. The van der Waals surface area contributed by atoms with Crippen LogP contribution in [-0.4, -0.2) is 6.29 Å². The van der Waals surface area contributed by atoms with Crippen molar-refractivity contribution in [3.05, 3.63) is 29.8 Å². The highest BCUT2D eigenvalue weighted by molar-refractivity contribution is 5.56. The van der Waals surface area contributed by atoms with E-state index in [1.807, 2.05) is 24.3 Å². The Morgan fingerprint density at radius 2 is 2.00 bits per heavy atom. The van der Waals surface area contributed by atoms with Gasteiger partial charge in [0.2, 0.25) is 0 Å². The number of hydrazine groups is 1. The van der Waals surface area contributed by atoms with Gasteiger partial charge in [-0.3, -0.25) is 5.84 Å². The zero-order valence-corrected chi connectivity index (χ0v) is 6.08. The first-order chi connectivity index (χ1) is 5.36. The number of nitrogens with two attached hydrogens (primary N) is 1. The van der Waals surface area contributed by atoms with Crippen molar-refractivity contribution in [2.24, 2.45) is 5.84 Å². The van der Waals surface area contributed by atoms with E-state index in [0.717, 1.165) is 17.5 Å². The van der Waals surface area contributed by atoms with Gasteiger partial charge in [-0.15, -0.1) is 0 Å². The van der Waals surface area contributed by atoms with Crippen molar-refractivity contribution in [1.82, 2.24) is 0 Å². The smallest absolute Gasteiger partial charge is 0.124 e. The maximum Gasteiger partial charge on any atom is 0.124 e. The van der Waals surface area contributed by atoms with Crippen LogP contribution in [0.5, 0.6) is 0 Å². The Morgan fingerprint density at radius 3 is 2.45 bits per heavy atom. The molecule has 0 spiro atoms. The molecule has 0 bridgehead atoms. The van der Waals surface area contributed by atoms with Crippen molar-refractivity contribution >= 4 is 12.0 Å². The number of benzene rings is 1. The highest BCUT2D eigenvalue weighted by Crippen LogP contribution is 2.07. The molecule has 1 rings (SSSR count). The molecule has 0 heterocycles. The largest absolute Gasteiger partial charge is 0.324 e. The number of hydrogen-bond acceptors (Lipinski definition) is 3. The number of rotatable bonds is 3. The van der Waals surface area contributed by atoms with Crippen molar-refractivity contribution in [3.8, 4) is 0 Å². The number of aldehydes is 1. The van der Waals surface area contributed by atoms with E-state index >= 15 is 0 Å². The summed E-state index contributed by atoms with van der Waals surface area (Å²) in [5.41, 5.74) is 4.35. The van der Waals surface area contributed by atoms with Crippen LogP contribution in [0.3, 0.4) is 0 Å². The minimum Gasteiger partial charge on any atom is -0.324 e. The number of nitrogens with one attached hydrogen (secondary N) is 1. The molecule has 0 atom stereocenters. The molecule has 3 nitrogen and oxygen atoms in total. The van der Waals surface area contributed by atoms with Crippen LogP contribution in [0, 0.1) is 0 Å². The summed E-state index contributed by atoms with van der Waals surface area (Å²) < 4.78 is 0. The lowest BCUT2D eigenvalue weighted by molar-refractivity contribution is -0.107.